The van der Waals surface area contributed by atoms with Crippen LogP contribution in [0.4, 0.5) is 5.69 Å². The van der Waals surface area contributed by atoms with Crippen molar-refractivity contribution in [3.05, 3.63) is 29.8 Å². The summed E-state index contributed by atoms with van der Waals surface area (Å²) < 4.78 is 6.12. The van der Waals surface area contributed by atoms with Crippen LogP contribution in [0.1, 0.15) is 39.7 Å². The van der Waals surface area contributed by atoms with Crippen molar-refractivity contribution >= 4 is 5.69 Å². The molecule has 1 fully saturated rings. The van der Waals surface area contributed by atoms with Crippen molar-refractivity contribution in [2.24, 2.45) is 0 Å². The second-order valence-corrected chi connectivity index (χ2v) is 6.78. The van der Waals surface area contributed by atoms with Gasteiger partial charge >= 0.3 is 0 Å². The number of aryl methyl sites for hydroxylation is 1. The Morgan fingerprint density at radius 1 is 1.16 bits per heavy atom. The molecule has 0 amide bonds. The number of benzene rings is 1. The standard InChI is InChI=1S/C16H25NO2/c1-12-6-8-13(9-7-12)17-16(11-18)10-14(2,3)19-15(16,4)5/h6-9,17-18H,10-11H2,1-5H3. The highest BCUT2D eigenvalue weighted by molar-refractivity contribution is 5.48. The van der Waals surface area contributed by atoms with E-state index in [4.69, 9.17) is 4.74 Å². The number of rotatable bonds is 3. The fourth-order valence-corrected chi connectivity index (χ4v) is 3.16. The van der Waals surface area contributed by atoms with Crippen molar-refractivity contribution in [3.63, 3.8) is 0 Å². The van der Waals surface area contributed by atoms with Crippen molar-refractivity contribution in [1.29, 1.82) is 0 Å². The number of hydrogen-bond acceptors (Lipinski definition) is 3. The summed E-state index contributed by atoms with van der Waals surface area (Å²) in [6.45, 7) is 10.3. The fraction of sp³-hybridized carbons (Fsp3) is 0.625. The Hall–Kier alpha value is -1.06. The zero-order chi connectivity index (χ0) is 14.3. The Morgan fingerprint density at radius 3 is 2.16 bits per heavy atom. The van der Waals surface area contributed by atoms with E-state index in [1.165, 1.54) is 5.56 Å². The second kappa shape index (κ2) is 4.50. The summed E-state index contributed by atoms with van der Waals surface area (Å²) in [7, 11) is 0. The van der Waals surface area contributed by atoms with Gasteiger partial charge in [0.1, 0.15) is 0 Å². The minimum absolute atomic E-state index is 0.0529. The lowest BCUT2D eigenvalue weighted by Gasteiger charge is -2.40. The third-order valence-electron chi connectivity index (χ3n) is 4.12. The lowest BCUT2D eigenvalue weighted by molar-refractivity contribution is -0.0808. The van der Waals surface area contributed by atoms with E-state index >= 15 is 0 Å². The van der Waals surface area contributed by atoms with Gasteiger partial charge in [0.2, 0.25) is 0 Å². The predicted molar refractivity (Wildman–Crippen MR) is 78.5 cm³/mol. The van der Waals surface area contributed by atoms with Gasteiger partial charge in [-0.15, -0.1) is 0 Å². The largest absolute Gasteiger partial charge is 0.394 e. The molecule has 3 heteroatoms. The number of nitrogens with one attached hydrogen (secondary N) is 1. The Bertz CT molecular complexity index is 450. The summed E-state index contributed by atoms with van der Waals surface area (Å²) in [5, 5.41) is 13.5. The first-order chi connectivity index (χ1) is 8.70. The third-order valence-corrected chi connectivity index (χ3v) is 4.12. The zero-order valence-electron chi connectivity index (χ0n) is 12.6. The number of aliphatic hydroxyl groups is 1. The highest BCUT2D eigenvalue weighted by Crippen LogP contribution is 2.46. The van der Waals surface area contributed by atoms with Gasteiger partial charge in [-0.2, -0.15) is 0 Å². The monoisotopic (exact) mass is 263 g/mol. The number of anilines is 1. The second-order valence-electron chi connectivity index (χ2n) is 6.78. The van der Waals surface area contributed by atoms with Crippen LogP contribution in [0.15, 0.2) is 24.3 Å². The first kappa shape index (κ1) is 14.4. The van der Waals surface area contributed by atoms with E-state index in [9.17, 15) is 5.11 Å². The maximum atomic E-state index is 9.96. The molecule has 106 valence electrons. The van der Waals surface area contributed by atoms with Crippen molar-refractivity contribution < 1.29 is 9.84 Å². The molecular formula is C16H25NO2. The van der Waals surface area contributed by atoms with Crippen molar-refractivity contribution in [3.8, 4) is 0 Å². The molecule has 2 rings (SSSR count). The molecule has 1 unspecified atom stereocenters. The van der Waals surface area contributed by atoms with Gasteiger partial charge in [0, 0.05) is 12.1 Å². The van der Waals surface area contributed by atoms with Crippen LogP contribution in [0.25, 0.3) is 0 Å². The fourth-order valence-electron chi connectivity index (χ4n) is 3.16. The summed E-state index contributed by atoms with van der Waals surface area (Å²) in [6, 6.07) is 8.24. The molecule has 2 N–H and O–H groups in total. The van der Waals surface area contributed by atoms with Gasteiger partial charge in [-0.3, -0.25) is 0 Å². The van der Waals surface area contributed by atoms with Crippen LogP contribution < -0.4 is 5.32 Å². The molecule has 0 spiro atoms. The molecule has 0 aliphatic carbocycles. The summed E-state index contributed by atoms with van der Waals surface area (Å²) in [5.41, 5.74) is 1.14. The van der Waals surface area contributed by atoms with Crippen LogP contribution in [0.2, 0.25) is 0 Å². The molecule has 1 aliphatic rings. The molecule has 3 nitrogen and oxygen atoms in total. The Labute approximate surface area is 116 Å². The molecule has 0 bridgehead atoms. The molecule has 1 aliphatic heterocycles. The van der Waals surface area contributed by atoms with Crippen LogP contribution in [0, 0.1) is 6.92 Å². The van der Waals surface area contributed by atoms with Gasteiger partial charge in [0.05, 0.1) is 23.3 Å². The van der Waals surface area contributed by atoms with Crippen molar-refractivity contribution in [2.45, 2.75) is 57.8 Å². The van der Waals surface area contributed by atoms with Gasteiger partial charge in [-0.1, -0.05) is 17.7 Å². The zero-order valence-corrected chi connectivity index (χ0v) is 12.6. The lowest BCUT2D eigenvalue weighted by Crippen LogP contribution is -2.55. The van der Waals surface area contributed by atoms with E-state index in [0.29, 0.717) is 0 Å². The minimum atomic E-state index is -0.453. The number of hydrogen-bond donors (Lipinski definition) is 2. The topological polar surface area (TPSA) is 41.5 Å². The molecule has 1 heterocycles. The predicted octanol–water partition coefficient (Wildman–Crippen LogP) is 3.12. The van der Waals surface area contributed by atoms with E-state index in [-0.39, 0.29) is 12.2 Å². The highest BCUT2D eigenvalue weighted by atomic mass is 16.5. The van der Waals surface area contributed by atoms with E-state index in [1.807, 2.05) is 26.0 Å². The average molecular weight is 263 g/mol. The van der Waals surface area contributed by atoms with Crippen LogP contribution in [-0.2, 0) is 4.74 Å². The maximum Gasteiger partial charge on any atom is 0.0916 e. The van der Waals surface area contributed by atoms with Gasteiger partial charge in [-0.25, -0.2) is 0 Å². The molecule has 0 saturated carbocycles. The molecule has 1 aromatic carbocycles. The van der Waals surface area contributed by atoms with Crippen molar-refractivity contribution in [1.82, 2.24) is 0 Å². The summed E-state index contributed by atoms with van der Waals surface area (Å²) in [5.74, 6) is 0. The smallest absolute Gasteiger partial charge is 0.0916 e. The normalized spacial score (nSPS) is 28.3. The van der Waals surface area contributed by atoms with Crippen molar-refractivity contribution in [2.75, 3.05) is 11.9 Å². The van der Waals surface area contributed by atoms with Crippen LogP contribution in [0.5, 0.6) is 0 Å². The average Bonchev–Trinajstić information content (AvgIpc) is 2.47. The molecular weight excluding hydrogens is 238 g/mol. The van der Waals surface area contributed by atoms with Gasteiger partial charge < -0.3 is 15.2 Å². The van der Waals surface area contributed by atoms with Gasteiger partial charge in [-0.05, 0) is 46.8 Å². The third kappa shape index (κ3) is 2.63. The molecule has 19 heavy (non-hydrogen) atoms. The SMILES string of the molecule is Cc1ccc(NC2(CO)CC(C)(C)OC2(C)C)cc1. The first-order valence-electron chi connectivity index (χ1n) is 6.86. The van der Waals surface area contributed by atoms with Crippen LogP contribution in [-0.4, -0.2) is 28.5 Å². The van der Waals surface area contributed by atoms with Crippen LogP contribution in [0.3, 0.4) is 0 Å². The van der Waals surface area contributed by atoms with E-state index in [2.05, 4.69) is 38.2 Å². The Kier molecular flexibility index (Phi) is 3.40. The van der Waals surface area contributed by atoms with E-state index < -0.39 is 11.1 Å². The molecule has 1 aromatic rings. The molecule has 1 atom stereocenters. The maximum absolute atomic E-state index is 9.96. The first-order valence-corrected chi connectivity index (χ1v) is 6.86. The van der Waals surface area contributed by atoms with E-state index in [1.54, 1.807) is 0 Å². The van der Waals surface area contributed by atoms with Crippen LogP contribution >= 0.6 is 0 Å². The highest BCUT2D eigenvalue weighted by Gasteiger charge is 2.57. The molecule has 0 aromatic heterocycles. The van der Waals surface area contributed by atoms with E-state index in [0.717, 1.165) is 12.1 Å². The van der Waals surface area contributed by atoms with Gasteiger partial charge in [0.25, 0.3) is 0 Å². The Balaban J connectivity index is 2.30. The number of aliphatic hydroxyl groups excluding tert-OH is 1. The summed E-state index contributed by atoms with van der Waals surface area (Å²) in [6.07, 6.45) is 0.775. The van der Waals surface area contributed by atoms with Gasteiger partial charge in [0.15, 0.2) is 0 Å². The number of ether oxygens (including phenoxy) is 1. The quantitative estimate of drug-likeness (QED) is 0.880. The molecule has 1 saturated heterocycles. The molecule has 0 radical (unpaired) electrons. The Morgan fingerprint density at radius 2 is 1.74 bits per heavy atom. The summed E-state index contributed by atoms with van der Waals surface area (Å²) in [4.78, 5) is 0. The summed E-state index contributed by atoms with van der Waals surface area (Å²) >= 11 is 0. The lowest BCUT2D eigenvalue weighted by atomic mass is 9.79. The minimum Gasteiger partial charge on any atom is -0.394 e.